The fraction of sp³-hybridized carbons (Fsp3) is 0.824. The van der Waals surface area contributed by atoms with Crippen LogP contribution in [0.1, 0.15) is 52.9 Å². The van der Waals surface area contributed by atoms with Crippen molar-refractivity contribution in [2.45, 2.75) is 58.9 Å². The Morgan fingerprint density at radius 2 is 1.74 bits per heavy atom. The molecule has 2 atom stereocenters. The molecule has 6 nitrogen and oxygen atoms in total. The normalized spacial score (nSPS) is 25.5. The van der Waals surface area contributed by atoms with Crippen molar-refractivity contribution in [3.8, 4) is 0 Å². The van der Waals surface area contributed by atoms with Gasteiger partial charge in [-0.25, -0.2) is 0 Å². The molecule has 0 aromatic heterocycles. The topological polar surface area (TPSA) is 83.7 Å². The number of nitrogens with zero attached hydrogens (tertiary/aromatic N) is 2. The summed E-state index contributed by atoms with van der Waals surface area (Å²) in [6, 6.07) is -0.364. The number of carbonyl (C=O) groups excluding carboxylic acids is 3. The molecule has 0 aliphatic carbocycles. The molecular formula is C17H29N3O3. The molecule has 2 heterocycles. The van der Waals surface area contributed by atoms with E-state index in [9.17, 15) is 14.4 Å². The predicted octanol–water partition coefficient (Wildman–Crippen LogP) is 1.14. The summed E-state index contributed by atoms with van der Waals surface area (Å²) in [5.74, 6) is -0.560. The largest absolute Gasteiger partial charge is 0.369 e. The summed E-state index contributed by atoms with van der Waals surface area (Å²) < 4.78 is 0. The smallest absolute Gasteiger partial charge is 0.245 e. The molecular weight excluding hydrogens is 294 g/mol. The average molecular weight is 323 g/mol. The van der Waals surface area contributed by atoms with Crippen LogP contribution in [-0.2, 0) is 14.4 Å². The Morgan fingerprint density at radius 1 is 1.09 bits per heavy atom. The van der Waals surface area contributed by atoms with Gasteiger partial charge in [-0.3, -0.25) is 14.4 Å². The lowest BCUT2D eigenvalue weighted by Gasteiger charge is -2.35. The first-order valence-electron chi connectivity index (χ1n) is 8.56. The highest BCUT2D eigenvalue weighted by atomic mass is 16.2. The van der Waals surface area contributed by atoms with Crippen molar-refractivity contribution in [2.75, 3.05) is 19.6 Å². The fourth-order valence-electron chi connectivity index (χ4n) is 3.50. The first-order chi connectivity index (χ1) is 10.7. The van der Waals surface area contributed by atoms with E-state index in [4.69, 9.17) is 5.73 Å². The lowest BCUT2D eigenvalue weighted by molar-refractivity contribution is -0.146. The van der Waals surface area contributed by atoms with E-state index in [-0.39, 0.29) is 35.1 Å². The molecule has 0 saturated carbocycles. The van der Waals surface area contributed by atoms with Crippen LogP contribution in [0.5, 0.6) is 0 Å². The van der Waals surface area contributed by atoms with Crippen LogP contribution in [0.2, 0.25) is 0 Å². The number of amides is 3. The van der Waals surface area contributed by atoms with Crippen LogP contribution in [0.15, 0.2) is 0 Å². The number of hydrogen-bond acceptors (Lipinski definition) is 3. The van der Waals surface area contributed by atoms with Gasteiger partial charge in [0.1, 0.15) is 6.04 Å². The molecule has 2 aliphatic heterocycles. The zero-order chi connectivity index (χ0) is 17.2. The zero-order valence-electron chi connectivity index (χ0n) is 14.5. The molecule has 130 valence electrons. The quantitative estimate of drug-likeness (QED) is 0.845. The Kier molecular flexibility index (Phi) is 5.32. The molecule has 0 bridgehead atoms. The second kappa shape index (κ2) is 6.89. The van der Waals surface area contributed by atoms with E-state index in [1.54, 1.807) is 9.80 Å². The molecule has 0 unspecified atom stereocenters. The lowest BCUT2D eigenvalue weighted by atomic mass is 9.91. The zero-order valence-corrected chi connectivity index (χ0v) is 14.5. The molecule has 0 aromatic carbocycles. The first kappa shape index (κ1) is 17.8. The van der Waals surface area contributed by atoms with Gasteiger partial charge in [-0.1, -0.05) is 20.8 Å². The molecule has 2 rings (SSSR count). The third kappa shape index (κ3) is 4.45. The van der Waals surface area contributed by atoms with Gasteiger partial charge in [-0.05, 0) is 31.1 Å². The number of piperidine rings is 1. The molecule has 6 heteroatoms. The number of primary amides is 1. The van der Waals surface area contributed by atoms with Crippen molar-refractivity contribution in [3.63, 3.8) is 0 Å². The van der Waals surface area contributed by atoms with Gasteiger partial charge in [0.25, 0.3) is 0 Å². The van der Waals surface area contributed by atoms with E-state index >= 15 is 0 Å². The van der Waals surface area contributed by atoms with Crippen LogP contribution < -0.4 is 5.73 Å². The van der Waals surface area contributed by atoms with Gasteiger partial charge in [-0.2, -0.15) is 0 Å². The average Bonchev–Trinajstić information content (AvgIpc) is 2.94. The highest BCUT2D eigenvalue weighted by Crippen LogP contribution is 2.27. The summed E-state index contributed by atoms with van der Waals surface area (Å²) in [6.07, 6.45) is 3.56. The standard InChI is InChI=1S/C17H29N3O3/c1-17(2,3)10-14(21)20-9-5-7-13(20)16(23)19-8-4-6-12(11-19)15(18)22/h12-13H,4-11H2,1-3H3,(H2,18,22)/t12-,13-/m1/s1. The summed E-state index contributed by atoms with van der Waals surface area (Å²) in [4.78, 5) is 40.2. The number of carbonyl (C=O) groups is 3. The van der Waals surface area contributed by atoms with Gasteiger partial charge in [0.05, 0.1) is 5.92 Å². The van der Waals surface area contributed by atoms with Crippen molar-refractivity contribution < 1.29 is 14.4 Å². The van der Waals surface area contributed by atoms with Crippen molar-refractivity contribution >= 4 is 17.7 Å². The minimum Gasteiger partial charge on any atom is -0.369 e. The second-order valence-corrected chi connectivity index (χ2v) is 8.01. The SMILES string of the molecule is CC(C)(C)CC(=O)N1CCC[C@@H]1C(=O)N1CCC[C@@H](C(N)=O)C1. The fourth-order valence-corrected chi connectivity index (χ4v) is 3.50. The highest BCUT2D eigenvalue weighted by Gasteiger charge is 2.39. The van der Waals surface area contributed by atoms with Gasteiger partial charge in [0.15, 0.2) is 0 Å². The molecule has 0 aromatic rings. The van der Waals surface area contributed by atoms with E-state index in [1.165, 1.54) is 0 Å². The Bertz CT molecular complexity index is 484. The third-order valence-electron chi connectivity index (χ3n) is 4.68. The van der Waals surface area contributed by atoms with Crippen LogP contribution in [0.4, 0.5) is 0 Å². The third-order valence-corrected chi connectivity index (χ3v) is 4.68. The minimum absolute atomic E-state index is 0.0179. The van der Waals surface area contributed by atoms with Gasteiger partial charge in [0, 0.05) is 26.1 Å². The Morgan fingerprint density at radius 3 is 2.35 bits per heavy atom. The van der Waals surface area contributed by atoms with Crippen molar-refractivity contribution in [1.82, 2.24) is 9.80 Å². The maximum absolute atomic E-state index is 12.8. The number of likely N-dealkylation sites (tertiary alicyclic amines) is 2. The van der Waals surface area contributed by atoms with E-state index < -0.39 is 0 Å². The van der Waals surface area contributed by atoms with Crippen LogP contribution in [0, 0.1) is 11.3 Å². The van der Waals surface area contributed by atoms with Gasteiger partial charge >= 0.3 is 0 Å². The van der Waals surface area contributed by atoms with Crippen molar-refractivity contribution in [3.05, 3.63) is 0 Å². The van der Waals surface area contributed by atoms with E-state index in [0.29, 0.717) is 32.5 Å². The minimum atomic E-state index is -0.364. The van der Waals surface area contributed by atoms with Gasteiger partial charge in [-0.15, -0.1) is 0 Å². The maximum atomic E-state index is 12.8. The molecule has 23 heavy (non-hydrogen) atoms. The van der Waals surface area contributed by atoms with Crippen LogP contribution in [-0.4, -0.2) is 53.2 Å². The van der Waals surface area contributed by atoms with Crippen LogP contribution in [0.25, 0.3) is 0 Å². The Labute approximate surface area is 138 Å². The number of hydrogen-bond donors (Lipinski definition) is 1. The number of rotatable bonds is 3. The van der Waals surface area contributed by atoms with E-state index in [1.807, 2.05) is 20.8 Å². The van der Waals surface area contributed by atoms with Gasteiger partial charge < -0.3 is 15.5 Å². The summed E-state index contributed by atoms with van der Waals surface area (Å²) in [6.45, 7) is 7.78. The summed E-state index contributed by atoms with van der Waals surface area (Å²) in [5.41, 5.74) is 5.30. The van der Waals surface area contributed by atoms with Crippen LogP contribution >= 0.6 is 0 Å². The summed E-state index contributed by atoms with van der Waals surface area (Å²) in [5, 5.41) is 0. The summed E-state index contributed by atoms with van der Waals surface area (Å²) >= 11 is 0. The van der Waals surface area contributed by atoms with E-state index in [2.05, 4.69) is 0 Å². The monoisotopic (exact) mass is 323 g/mol. The predicted molar refractivity (Wildman–Crippen MR) is 87.3 cm³/mol. The maximum Gasteiger partial charge on any atom is 0.245 e. The first-order valence-corrected chi connectivity index (χ1v) is 8.56. The molecule has 2 N–H and O–H groups in total. The van der Waals surface area contributed by atoms with Crippen molar-refractivity contribution in [1.29, 1.82) is 0 Å². The van der Waals surface area contributed by atoms with Gasteiger partial charge in [0.2, 0.25) is 17.7 Å². The second-order valence-electron chi connectivity index (χ2n) is 8.01. The lowest BCUT2D eigenvalue weighted by Crippen LogP contribution is -2.52. The number of nitrogens with two attached hydrogens (primary N) is 1. The Hall–Kier alpha value is -1.59. The molecule has 0 radical (unpaired) electrons. The molecule has 3 amide bonds. The molecule has 2 saturated heterocycles. The van der Waals surface area contributed by atoms with Crippen molar-refractivity contribution in [2.24, 2.45) is 17.1 Å². The van der Waals surface area contributed by atoms with Crippen LogP contribution in [0.3, 0.4) is 0 Å². The molecule has 0 spiro atoms. The Balaban J connectivity index is 2.02. The highest BCUT2D eigenvalue weighted by molar-refractivity contribution is 5.89. The molecule has 2 fully saturated rings. The molecule has 2 aliphatic rings. The summed E-state index contributed by atoms with van der Waals surface area (Å²) in [7, 11) is 0. The van der Waals surface area contributed by atoms with E-state index in [0.717, 1.165) is 19.3 Å².